The van der Waals surface area contributed by atoms with Gasteiger partial charge in [-0.1, -0.05) is 12.2 Å². The molecular weight excluding hydrogens is 712 g/mol. The first-order valence-electron chi connectivity index (χ1n) is 10.6. The van der Waals surface area contributed by atoms with Crippen molar-refractivity contribution < 1.29 is 110 Å². The Hall–Kier alpha value is -2.24. The number of rotatable bonds is 18. The normalized spacial score (nSPS) is 18.3. The fourth-order valence-corrected chi connectivity index (χ4v) is 2.98. The number of hydrogen-bond acceptors (Lipinski definition) is 1. The van der Waals surface area contributed by atoms with Gasteiger partial charge in [-0.25, -0.2) is 17.6 Å². The van der Waals surface area contributed by atoms with Crippen molar-refractivity contribution in [3.63, 3.8) is 0 Å². The van der Waals surface area contributed by atoms with Gasteiger partial charge in [-0.2, -0.15) is 87.8 Å². The van der Waals surface area contributed by atoms with E-state index < -0.39 is 109 Å². The predicted molar refractivity (Wildman–Crippen MR) is 99.8 cm³/mol. The smallest absolute Gasteiger partial charge is 0.297 e. The third kappa shape index (κ3) is 5.69. The van der Waals surface area contributed by atoms with Crippen LogP contribution in [0.1, 0.15) is 12.8 Å². The van der Waals surface area contributed by atoms with E-state index in [-0.39, 0.29) is 0 Å². The SMILES string of the molecule is C=CCC(F)(OC(F)(CC=C)C(F)(F)C(F)(F)C(F)(F)C(F)(F)C(F)(F)CF)C(F)(F)C(F)(F)C(F)(F)C(F)(F)C(F)(F)CF. The molecule has 0 N–H and O–H groups in total. The van der Waals surface area contributed by atoms with Gasteiger partial charge < -0.3 is 0 Å². The lowest BCUT2D eigenvalue weighted by atomic mass is 9.87. The lowest BCUT2D eigenvalue weighted by molar-refractivity contribution is -0.481. The van der Waals surface area contributed by atoms with Crippen molar-refractivity contribution in [1.82, 2.24) is 0 Å². The van der Waals surface area contributed by atoms with Crippen LogP contribution in [0.5, 0.6) is 0 Å². The van der Waals surface area contributed by atoms with Crippen LogP contribution in [0.25, 0.3) is 0 Å². The van der Waals surface area contributed by atoms with Crippen molar-refractivity contribution in [3.8, 4) is 0 Å². The highest BCUT2D eigenvalue weighted by Gasteiger charge is 2.93. The van der Waals surface area contributed by atoms with Crippen LogP contribution < -0.4 is 0 Å². The minimum Gasteiger partial charge on any atom is -0.297 e. The first kappa shape index (κ1) is 42.8. The summed E-state index contributed by atoms with van der Waals surface area (Å²) in [4.78, 5) is 0. The second-order valence-corrected chi connectivity index (χ2v) is 8.82. The summed E-state index contributed by atoms with van der Waals surface area (Å²) >= 11 is 0. The van der Waals surface area contributed by atoms with Gasteiger partial charge in [0.25, 0.3) is 11.7 Å². The monoisotopic (exact) mass is 726 g/mol. The molecule has 2 atom stereocenters. The van der Waals surface area contributed by atoms with Gasteiger partial charge in [0.05, 0.1) is 0 Å². The summed E-state index contributed by atoms with van der Waals surface area (Å²) in [6.45, 7) is -3.73. The Labute approximate surface area is 233 Å². The minimum absolute atomic E-state index is 0.744. The molecule has 1 nitrogen and oxygen atoms in total. The average Bonchev–Trinajstić information content (AvgIpc) is 2.87. The Morgan fingerprint density at radius 2 is 0.556 bits per heavy atom. The molecule has 0 radical (unpaired) electrons. The number of hydrogen-bond donors (Lipinski definition) is 0. The Morgan fingerprint density at radius 3 is 0.733 bits per heavy atom. The summed E-state index contributed by atoms with van der Waals surface area (Å²) in [5.74, 6) is -94.7. The van der Waals surface area contributed by atoms with E-state index in [2.05, 4.69) is 17.9 Å². The maximum atomic E-state index is 15.2. The topological polar surface area (TPSA) is 9.23 Å². The summed E-state index contributed by atoms with van der Waals surface area (Å²) in [5.41, 5.74) is 0. The number of halogens is 24. The zero-order valence-electron chi connectivity index (χ0n) is 20.9. The molecule has 0 bridgehead atoms. The van der Waals surface area contributed by atoms with Gasteiger partial charge in [0.15, 0.2) is 13.3 Å². The summed E-state index contributed by atoms with van der Waals surface area (Å²) in [6, 6.07) is 0. The first-order valence-corrected chi connectivity index (χ1v) is 10.6. The standard InChI is InChI=1S/C20H14F24O/c1-3-5-11(27,15(33,34)19(41,42)17(37,38)13(29,30)9(23,24)7-21)45-12(28,6-4-2)16(35,36)20(43,44)18(39,40)14(31,32)10(25,26)8-22/h3-4H,1-2,5-8H2. The fourth-order valence-electron chi connectivity index (χ4n) is 2.98. The molecule has 45 heavy (non-hydrogen) atoms. The molecule has 0 aliphatic heterocycles. The van der Waals surface area contributed by atoms with Crippen LogP contribution in [0, 0.1) is 0 Å². The summed E-state index contributed by atoms with van der Waals surface area (Å²) in [6.07, 6.45) is -8.06. The molecular formula is C20H14F24O. The van der Waals surface area contributed by atoms with Crippen LogP contribution in [-0.4, -0.2) is 84.3 Å². The van der Waals surface area contributed by atoms with Gasteiger partial charge in [0.2, 0.25) is 0 Å². The van der Waals surface area contributed by atoms with E-state index in [1.165, 1.54) is 0 Å². The van der Waals surface area contributed by atoms with Crippen molar-refractivity contribution >= 4 is 0 Å². The molecule has 0 aliphatic rings. The molecule has 0 spiro atoms. The molecule has 0 rings (SSSR count). The molecule has 0 amide bonds. The van der Waals surface area contributed by atoms with E-state index in [1.807, 2.05) is 0 Å². The van der Waals surface area contributed by atoms with E-state index in [9.17, 15) is 96.6 Å². The summed E-state index contributed by atoms with van der Waals surface area (Å²) < 4.78 is 333. The number of alkyl halides is 24. The molecule has 0 fully saturated rings. The Bertz CT molecular complexity index is 983. The van der Waals surface area contributed by atoms with Gasteiger partial charge in [-0.15, -0.1) is 13.2 Å². The predicted octanol–water partition coefficient (Wildman–Crippen LogP) is 9.78. The molecule has 0 saturated heterocycles. The average molecular weight is 726 g/mol. The minimum atomic E-state index is -8.55. The van der Waals surface area contributed by atoms with Gasteiger partial charge >= 0.3 is 59.2 Å². The highest BCUT2D eigenvalue weighted by molar-refractivity contribution is 5.16. The quantitative estimate of drug-likeness (QED) is 0.101. The zero-order chi connectivity index (χ0) is 36.9. The van der Waals surface area contributed by atoms with E-state index in [4.69, 9.17) is 0 Å². The maximum Gasteiger partial charge on any atom is 0.384 e. The van der Waals surface area contributed by atoms with Crippen LogP contribution in [0.15, 0.2) is 25.3 Å². The highest BCUT2D eigenvalue weighted by atomic mass is 19.4. The summed E-state index contributed by atoms with van der Waals surface area (Å²) in [7, 11) is 0. The van der Waals surface area contributed by atoms with Crippen molar-refractivity contribution in [2.24, 2.45) is 0 Å². The molecule has 0 heterocycles. The molecule has 0 aromatic rings. The molecule has 0 saturated carbocycles. The second-order valence-electron chi connectivity index (χ2n) is 8.82. The number of ether oxygens (including phenoxy) is 1. The Kier molecular flexibility index (Phi) is 11.2. The molecule has 0 aromatic carbocycles. The van der Waals surface area contributed by atoms with E-state index >= 15 is 8.78 Å². The van der Waals surface area contributed by atoms with Crippen molar-refractivity contribution in [3.05, 3.63) is 25.3 Å². The third-order valence-electron chi connectivity index (χ3n) is 5.70. The first-order chi connectivity index (χ1) is 19.4. The molecule has 25 heteroatoms. The van der Waals surface area contributed by atoms with Crippen molar-refractivity contribution in [1.29, 1.82) is 0 Å². The Balaban J connectivity index is 7.61. The second kappa shape index (κ2) is 11.8. The van der Waals surface area contributed by atoms with E-state index in [0.717, 1.165) is 0 Å². The van der Waals surface area contributed by atoms with Crippen molar-refractivity contribution in [2.75, 3.05) is 13.3 Å². The largest absolute Gasteiger partial charge is 0.384 e. The van der Waals surface area contributed by atoms with Gasteiger partial charge in [0.1, 0.15) is 0 Å². The highest BCUT2D eigenvalue weighted by Crippen LogP contribution is 2.64. The van der Waals surface area contributed by atoms with Crippen molar-refractivity contribution in [2.45, 2.75) is 83.8 Å². The lowest BCUT2D eigenvalue weighted by Gasteiger charge is -2.47. The Morgan fingerprint density at radius 1 is 0.356 bits per heavy atom. The maximum absolute atomic E-state index is 15.2. The summed E-state index contributed by atoms with van der Waals surface area (Å²) in [5, 5.41) is 0. The van der Waals surface area contributed by atoms with Gasteiger partial charge in [-0.3, -0.25) is 4.74 Å². The lowest BCUT2D eigenvalue weighted by Crippen LogP contribution is -2.75. The van der Waals surface area contributed by atoms with Gasteiger partial charge in [0, 0.05) is 12.8 Å². The molecule has 268 valence electrons. The molecule has 2 unspecified atom stereocenters. The van der Waals surface area contributed by atoms with E-state index in [1.54, 1.807) is 0 Å². The van der Waals surface area contributed by atoms with E-state index in [0.29, 0.717) is 0 Å². The fraction of sp³-hybridized carbons (Fsp3) is 0.800. The molecule has 0 aromatic heterocycles. The van der Waals surface area contributed by atoms with Crippen LogP contribution in [0.2, 0.25) is 0 Å². The van der Waals surface area contributed by atoms with Gasteiger partial charge in [-0.05, 0) is 0 Å². The van der Waals surface area contributed by atoms with Crippen LogP contribution >= 0.6 is 0 Å². The zero-order valence-corrected chi connectivity index (χ0v) is 20.9. The molecule has 0 aliphatic carbocycles. The van der Waals surface area contributed by atoms with Crippen LogP contribution in [-0.2, 0) is 4.74 Å². The third-order valence-corrected chi connectivity index (χ3v) is 5.70. The van der Waals surface area contributed by atoms with Crippen LogP contribution in [0.4, 0.5) is 105 Å². The van der Waals surface area contributed by atoms with Crippen LogP contribution in [0.3, 0.4) is 0 Å².